The molecule has 2 N–H and O–H groups in total. The summed E-state index contributed by atoms with van der Waals surface area (Å²) in [5, 5.41) is 12.4. The second-order valence-electron chi connectivity index (χ2n) is 4.69. The first kappa shape index (κ1) is 12.0. The Bertz CT molecular complexity index is 374. The van der Waals surface area contributed by atoms with Crippen molar-refractivity contribution >= 4 is 5.97 Å². The highest BCUT2D eigenvalue weighted by Crippen LogP contribution is 2.40. The summed E-state index contributed by atoms with van der Waals surface area (Å²) in [5.74, 6) is -0.658. The highest BCUT2D eigenvalue weighted by molar-refractivity contribution is 5.76. The third kappa shape index (κ3) is 2.82. The van der Waals surface area contributed by atoms with Crippen molar-refractivity contribution in [1.82, 2.24) is 10.3 Å². The van der Waals surface area contributed by atoms with Gasteiger partial charge in [-0.25, -0.2) is 0 Å². The van der Waals surface area contributed by atoms with Crippen molar-refractivity contribution in [3.05, 3.63) is 30.1 Å². The molecule has 1 heterocycles. The minimum atomic E-state index is -0.658. The van der Waals surface area contributed by atoms with Gasteiger partial charge >= 0.3 is 5.97 Å². The number of carboxylic acid groups (broad SMARTS) is 1. The molecule has 4 nitrogen and oxygen atoms in total. The lowest BCUT2D eigenvalue weighted by Gasteiger charge is -2.37. The average Bonchev–Trinajstić information content (AvgIpc) is 2.27. The zero-order valence-corrected chi connectivity index (χ0v) is 9.85. The van der Waals surface area contributed by atoms with Crippen LogP contribution in [0.25, 0.3) is 0 Å². The van der Waals surface area contributed by atoms with Gasteiger partial charge in [-0.15, -0.1) is 0 Å². The second kappa shape index (κ2) is 5.27. The van der Waals surface area contributed by atoms with Crippen molar-refractivity contribution < 1.29 is 9.90 Å². The molecule has 1 aromatic rings. The number of carboxylic acids is 1. The van der Waals surface area contributed by atoms with Crippen LogP contribution >= 0.6 is 0 Å². The molecule has 2 rings (SSSR count). The maximum atomic E-state index is 11.1. The van der Waals surface area contributed by atoms with Gasteiger partial charge in [0.05, 0.1) is 5.41 Å². The van der Waals surface area contributed by atoms with Crippen LogP contribution in [0.4, 0.5) is 0 Å². The van der Waals surface area contributed by atoms with Crippen LogP contribution in [0.5, 0.6) is 0 Å². The zero-order chi connectivity index (χ0) is 12.1. The minimum Gasteiger partial charge on any atom is -0.481 e. The van der Waals surface area contributed by atoms with Gasteiger partial charge in [-0.3, -0.25) is 9.78 Å². The zero-order valence-electron chi connectivity index (χ0n) is 9.85. The number of nitrogens with zero attached hydrogens (tertiary/aromatic N) is 1. The fraction of sp³-hybridized carbons (Fsp3) is 0.538. The van der Waals surface area contributed by atoms with Gasteiger partial charge in [0.1, 0.15) is 0 Å². The molecule has 0 bridgehead atoms. The first-order chi connectivity index (χ1) is 8.23. The molecule has 4 heteroatoms. The largest absolute Gasteiger partial charge is 0.481 e. The van der Waals surface area contributed by atoms with Crippen molar-refractivity contribution in [2.45, 2.75) is 25.7 Å². The molecule has 0 spiro atoms. The van der Waals surface area contributed by atoms with Gasteiger partial charge in [0.25, 0.3) is 0 Å². The summed E-state index contributed by atoms with van der Waals surface area (Å²) in [4.78, 5) is 15.3. The molecule has 0 aliphatic heterocycles. The van der Waals surface area contributed by atoms with Crippen LogP contribution in [0, 0.1) is 5.41 Å². The molecule has 0 saturated heterocycles. The Morgan fingerprint density at radius 3 is 2.82 bits per heavy atom. The van der Waals surface area contributed by atoms with Gasteiger partial charge in [0.15, 0.2) is 0 Å². The molecular weight excluding hydrogens is 216 g/mol. The highest BCUT2D eigenvalue weighted by Gasteiger charge is 2.43. The van der Waals surface area contributed by atoms with Gasteiger partial charge in [0, 0.05) is 31.4 Å². The summed E-state index contributed by atoms with van der Waals surface area (Å²) in [7, 11) is 0. The van der Waals surface area contributed by atoms with E-state index in [1.165, 1.54) is 0 Å². The molecule has 0 atom stereocenters. The van der Waals surface area contributed by atoms with E-state index in [1.807, 2.05) is 18.2 Å². The molecule has 1 saturated carbocycles. The molecule has 1 aliphatic rings. The number of carbonyl (C=O) groups is 1. The van der Waals surface area contributed by atoms with Crippen LogP contribution in [0.2, 0.25) is 0 Å². The maximum Gasteiger partial charge on any atom is 0.310 e. The van der Waals surface area contributed by atoms with E-state index in [0.29, 0.717) is 6.54 Å². The van der Waals surface area contributed by atoms with E-state index in [2.05, 4.69) is 10.3 Å². The summed E-state index contributed by atoms with van der Waals surface area (Å²) in [6.07, 6.45) is 5.27. The fourth-order valence-corrected chi connectivity index (χ4v) is 2.16. The van der Waals surface area contributed by atoms with Gasteiger partial charge in [-0.05, 0) is 25.0 Å². The molecule has 1 aliphatic carbocycles. The van der Waals surface area contributed by atoms with Gasteiger partial charge in [-0.1, -0.05) is 12.5 Å². The molecule has 92 valence electrons. The van der Waals surface area contributed by atoms with Crippen LogP contribution in [-0.2, 0) is 11.2 Å². The minimum absolute atomic E-state index is 0.496. The standard InChI is InChI=1S/C13H18N2O2/c16-12(17)13(6-3-7-13)10-14-9-5-11-4-1-2-8-15-11/h1-2,4,8,14H,3,5-7,9-10H2,(H,16,17). The summed E-state index contributed by atoms with van der Waals surface area (Å²) in [5.41, 5.74) is 0.544. The topological polar surface area (TPSA) is 62.2 Å². The number of aliphatic carboxylic acids is 1. The maximum absolute atomic E-state index is 11.1. The van der Waals surface area contributed by atoms with Crippen LogP contribution in [0.3, 0.4) is 0 Å². The quantitative estimate of drug-likeness (QED) is 0.732. The van der Waals surface area contributed by atoms with Crippen molar-refractivity contribution in [3.8, 4) is 0 Å². The lowest BCUT2D eigenvalue weighted by atomic mass is 9.69. The SMILES string of the molecule is O=C(O)C1(CNCCc2ccccn2)CCC1. The predicted octanol–water partition coefficient (Wildman–Crippen LogP) is 1.47. The van der Waals surface area contributed by atoms with Crippen molar-refractivity contribution in [1.29, 1.82) is 0 Å². The molecule has 1 fully saturated rings. The van der Waals surface area contributed by atoms with E-state index in [-0.39, 0.29) is 0 Å². The Morgan fingerprint density at radius 2 is 2.29 bits per heavy atom. The Kier molecular flexibility index (Phi) is 3.74. The van der Waals surface area contributed by atoms with Crippen LogP contribution in [-0.4, -0.2) is 29.1 Å². The normalized spacial score (nSPS) is 17.4. The lowest BCUT2D eigenvalue weighted by molar-refractivity contribution is -0.154. The number of pyridine rings is 1. The third-order valence-corrected chi connectivity index (χ3v) is 3.51. The monoisotopic (exact) mass is 234 g/mol. The number of rotatable bonds is 6. The Balaban J connectivity index is 1.71. The summed E-state index contributed by atoms with van der Waals surface area (Å²) < 4.78 is 0. The fourth-order valence-electron chi connectivity index (χ4n) is 2.16. The molecular formula is C13H18N2O2. The second-order valence-corrected chi connectivity index (χ2v) is 4.69. The summed E-state index contributed by atoms with van der Waals surface area (Å²) >= 11 is 0. The summed E-state index contributed by atoms with van der Waals surface area (Å²) in [6, 6.07) is 5.84. The van der Waals surface area contributed by atoms with Crippen molar-refractivity contribution in [2.75, 3.05) is 13.1 Å². The lowest BCUT2D eigenvalue weighted by Crippen LogP contribution is -2.46. The number of aromatic nitrogens is 1. The van der Waals surface area contributed by atoms with Gasteiger partial charge in [-0.2, -0.15) is 0 Å². The number of hydrogen-bond acceptors (Lipinski definition) is 3. The first-order valence-corrected chi connectivity index (χ1v) is 6.07. The van der Waals surface area contributed by atoms with Crippen LogP contribution in [0.1, 0.15) is 25.0 Å². The Labute approximate surface area is 101 Å². The molecule has 1 aromatic heterocycles. The Hall–Kier alpha value is -1.42. The molecule has 17 heavy (non-hydrogen) atoms. The van der Waals surface area contributed by atoms with Crippen molar-refractivity contribution in [2.24, 2.45) is 5.41 Å². The molecule has 0 radical (unpaired) electrons. The van der Waals surface area contributed by atoms with E-state index in [1.54, 1.807) is 6.20 Å². The van der Waals surface area contributed by atoms with Crippen molar-refractivity contribution in [3.63, 3.8) is 0 Å². The summed E-state index contributed by atoms with van der Waals surface area (Å²) in [6.45, 7) is 1.36. The molecule has 0 aromatic carbocycles. The average molecular weight is 234 g/mol. The predicted molar refractivity (Wildman–Crippen MR) is 64.7 cm³/mol. The van der Waals surface area contributed by atoms with E-state index in [9.17, 15) is 4.79 Å². The van der Waals surface area contributed by atoms with E-state index in [4.69, 9.17) is 5.11 Å². The van der Waals surface area contributed by atoms with E-state index in [0.717, 1.165) is 37.9 Å². The van der Waals surface area contributed by atoms with E-state index >= 15 is 0 Å². The third-order valence-electron chi connectivity index (χ3n) is 3.51. The number of nitrogens with one attached hydrogen (secondary N) is 1. The Morgan fingerprint density at radius 1 is 1.47 bits per heavy atom. The van der Waals surface area contributed by atoms with Crippen LogP contribution in [0.15, 0.2) is 24.4 Å². The van der Waals surface area contributed by atoms with Gasteiger partial charge < -0.3 is 10.4 Å². The highest BCUT2D eigenvalue weighted by atomic mass is 16.4. The molecule has 0 amide bonds. The first-order valence-electron chi connectivity index (χ1n) is 6.07. The van der Waals surface area contributed by atoms with E-state index < -0.39 is 11.4 Å². The molecule has 0 unspecified atom stereocenters. The van der Waals surface area contributed by atoms with Crippen LogP contribution < -0.4 is 5.32 Å². The number of hydrogen-bond donors (Lipinski definition) is 2. The smallest absolute Gasteiger partial charge is 0.310 e. The van der Waals surface area contributed by atoms with Gasteiger partial charge in [0.2, 0.25) is 0 Å².